The van der Waals surface area contributed by atoms with Gasteiger partial charge in [-0.15, -0.1) is 11.3 Å². The molecular weight excluding hydrogens is 652 g/mol. The summed E-state index contributed by atoms with van der Waals surface area (Å²) in [5, 5.41) is 9.20. The Labute approximate surface area is 256 Å². The Bertz CT molecular complexity index is 1990. The molecule has 1 atom stereocenters. The van der Waals surface area contributed by atoms with E-state index in [1.165, 1.54) is 4.57 Å². The third-order valence-corrected chi connectivity index (χ3v) is 8.17. The lowest BCUT2D eigenvalue weighted by Crippen LogP contribution is -2.31. The van der Waals surface area contributed by atoms with Crippen molar-refractivity contribution in [1.82, 2.24) is 19.5 Å². The van der Waals surface area contributed by atoms with Gasteiger partial charge in [-0.05, 0) is 36.8 Å². The minimum Gasteiger partial charge on any atom is -0.478 e. The van der Waals surface area contributed by atoms with Gasteiger partial charge in [0.2, 0.25) is 0 Å². The van der Waals surface area contributed by atoms with Gasteiger partial charge in [-0.2, -0.15) is 13.2 Å². The van der Waals surface area contributed by atoms with Gasteiger partial charge < -0.3 is 19.1 Å². The fraction of sp³-hybridized carbons (Fsp3) is 0.241. The first-order valence-corrected chi connectivity index (χ1v) is 14.1. The Balaban J connectivity index is 1.32. The first-order chi connectivity index (χ1) is 21.8. The number of imidazole rings is 1. The van der Waals surface area contributed by atoms with Crippen LogP contribution in [0.3, 0.4) is 0 Å². The summed E-state index contributed by atoms with van der Waals surface area (Å²) in [5.74, 6) is -8.81. The van der Waals surface area contributed by atoms with Gasteiger partial charge in [0.05, 0.1) is 35.6 Å². The normalized spacial score (nSPS) is 14.9. The van der Waals surface area contributed by atoms with E-state index in [0.29, 0.717) is 25.3 Å². The van der Waals surface area contributed by atoms with Crippen molar-refractivity contribution in [2.24, 2.45) is 0 Å². The number of carbonyl (C=O) groups is 1. The smallest absolute Gasteiger partial charge is 0.427 e. The van der Waals surface area contributed by atoms with Crippen LogP contribution in [0, 0.1) is 29.1 Å². The van der Waals surface area contributed by atoms with E-state index in [-0.39, 0.29) is 51.4 Å². The molecule has 46 heavy (non-hydrogen) atoms. The monoisotopic (exact) mass is 670 g/mol. The van der Waals surface area contributed by atoms with Crippen molar-refractivity contribution >= 4 is 28.3 Å². The van der Waals surface area contributed by atoms with Crippen LogP contribution in [0.4, 0.5) is 35.1 Å². The SMILES string of the molecule is O=C(O)c1cc(F)c2nc(Cc3c(F)cc(-c4ccc(F)c(OCc5ncc(C(F)(F)F)s5)n4)c(F)c3F)n(C[C@@H]3CCO3)c2c1. The lowest BCUT2D eigenvalue weighted by atomic mass is 10.0. The number of rotatable bonds is 9. The average molecular weight is 671 g/mol. The van der Waals surface area contributed by atoms with Crippen LogP contribution in [-0.4, -0.2) is 43.3 Å². The van der Waals surface area contributed by atoms with E-state index >= 15 is 13.2 Å². The number of aromatic carboxylic acids is 1. The molecule has 0 aliphatic carbocycles. The van der Waals surface area contributed by atoms with Gasteiger partial charge in [0.15, 0.2) is 23.3 Å². The number of carboxylic acids is 1. The van der Waals surface area contributed by atoms with Crippen LogP contribution in [0.25, 0.3) is 22.3 Å². The molecule has 1 N–H and O–H groups in total. The molecule has 0 spiro atoms. The third kappa shape index (κ3) is 5.99. The molecular formula is C29H18F8N4O4S. The molecule has 4 heterocycles. The van der Waals surface area contributed by atoms with E-state index in [4.69, 9.17) is 9.47 Å². The number of pyridine rings is 1. The number of thiazole rings is 1. The second-order valence-corrected chi connectivity index (χ2v) is 11.2. The zero-order chi connectivity index (χ0) is 32.9. The number of alkyl halides is 3. The molecule has 0 amide bonds. The number of carboxylic acid groups (broad SMARTS) is 1. The number of hydrogen-bond donors (Lipinski definition) is 1. The van der Waals surface area contributed by atoms with Gasteiger partial charge in [0, 0.05) is 24.2 Å². The maximum Gasteiger partial charge on any atom is 0.427 e. The number of hydrogen-bond acceptors (Lipinski definition) is 7. The quantitative estimate of drug-likeness (QED) is 0.134. The molecule has 3 aromatic heterocycles. The van der Waals surface area contributed by atoms with E-state index < -0.39 is 81.8 Å². The Morgan fingerprint density at radius 2 is 1.80 bits per heavy atom. The van der Waals surface area contributed by atoms with Gasteiger partial charge in [-0.25, -0.2) is 41.7 Å². The van der Waals surface area contributed by atoms with Crippen LogP contribution in [0.2, 0.25) is 0 Å². The van der Waals surface area contributed by atoms with Gasteiger partial charge in [0.25, 0.3) is 5.88 Å². The summed E-state index contributed by atoms with van der Waals surface area (Å²) in [6.45, 7) is -0.121. The summed E-state index contributed by atoms with van der Waals surface area (Å²) in [7, 11) is 0. The van der Waals surface area contributed by atoms with Crippen LogP contribution in [0.5, 0.6) is 5.88 Å². The van der Waals surface area contributed by atoms with Crippen LogP contribution >= 0.6 is 11.3 Å². The van der Waals surface area contributed by atoms with Crippen LogP contribution in [0.1, 0.15) is 38.1 Å². The number of benzene rings is 2. The molecule has 6 rings (SSSR count). The van der Waals surface area contributed by atoms with Gasteiger partial charge in [-0.1, -0.05) is 0 Å². The van der Waals surface area contributed by atoms with E-state index in [1.54, 1.807) is 0 Å². The Kier molecular flexibility index (Phi) is 8.14. The Morgan fingerprint density at radius 1 is 1.04 bits per heavy atom. The van der Waals surface area contributed by atoms with E-state index in [9.17, 15) is 31.9 Å². The maximum absolute atomic E-state index is 15.5. The summed E-state index contributed by atoms with van der Waals surface area (Å²) in [6, 6.07) is 4.22. The summed E-state index contributed by atoms with van der Waals surface area (Å²) in [4.78, 5) is 22.0. The van der Waals surface area contributed by atoms with E-state index in [1.807, 2.05) is 0 Å². The zero-order valence-electron chi connectivity index (χ0n) is 23.0. The van der Waals surface area contributed by atoms with Gasteiger partial charge >= 0.3 is 12.1 Å². The molecule has 0 bridgehead atoms. The average Bonchev–Trinajstić information content (AvgIpc) is 3.60. The zero-order valence-corrected chi connectivity index (χ0v) is 23.8. The minimum absolute atomic E-state index is 0.0382. The predicted molar refractivity (Wildman–Crippen MR) is 145 cm³/mol. The molecule has 1 fully saturated rings. The summed E-state index contributed by atoms with van der Waals surface area (Å²) >= 11 is 0.255. The highest BCUT2D eigenvalue weighted by Gasteiger charge is 2.33. The summed E-state index contributed by atoms with van der Waals surface area (Å²) < 4.78 is 126. The lowest BCUT2D eigenvalue weighted by Gasteiger charge is -2.27. The summed E-state index contributed by atoms with van der Waals surface area (Å²) in [6.07, 6.45) is -4.48. The molecule has 240 valence electrons. The maximum atomic E-state index is 15.5. The molecule has 17 heteroatoms. The molecule has 8 nitrogen and oxygen atoms in total. The number of fused-ring (bicyclic) bond motifs is 1. The van der Waals surface area contributed by atoms with Crippen LogP contribution in [0.15, 0.2) is 36.5 Å². The van der Waals surface area contributed by atoms with Crippen molar-refractivity contribution in [3.8, 4) is 17.1 Å². The number of aromatic nitrogens is 4. The number of halogens is 8. The van der Waals surface area contributed by atoms with Crippen molar-refractivity contribution in [3.05, 3.63) is 92.5 Å². The lowest BCUT2D eigenvalue weighted by molar-refractivity contribution is -0.134. The predicted octanol–water partition coefficient (Wildman–Crippen LogP) is 6.93. The highest BCUT2D eigenvalue weighted by molar-refractivity contribution is 7.11. The fourth-order valence-electron chi connectivity index (χ4n) is 4.78. The topological polar surface area (TPSA) is 99.4 Å². The third-order valence-electron chi connectivity index (χ3n) is 7.16. The Morgan fingerprint density at radius 3 is 2.46 bits per heavy atom. The second kappa shape index (κ2) is 11.9. The number of ether oxygens (including phenoxy) is 2. The van der Waals surface area contributed by atoms with Crippen molar-refractivity contribution in [1.29, 1.82) is 0 Å². The first-order valence-electron chi connectivity index (χ1n) is 13.3. The Hall–Kier alpha value is -4.64. The molecule has 5 aromatic rings. The van der Waals surface area contributed by atoms with E-state index in [2.05, 4.69) is 15.0 Å². The van der Waals surface area contributed by atoms with Crippen LogP contribution < -0.4 is 4.74 Å². The fourth-order valence-corrected chi connectivity index (χ4v) is 5.47. The molecule has 0 saturated carbocycles. The van der Waals surface area contributed by atoms with Crippen molar-refractivity contribution in [3.63, 3.8) is 0 Å². The van der Waals surface area contributed by atoms with Crippen LogP contribution in [-0.2, 0) is 30.5 Å². The summed E-state index contributed by atoms with van der Waals surface area (Å²) in [5.41, 5.74) is -2.55. The second-order valence-electron chi connectivity index (χ2n) is 10.1. The molecule has 2 aromatic carbocycles. The largest absolute Gasteiger partial charge is 0.478 e. The van der Waals surface area contributed by atoms with Crippen molar-refractivity contribution in [2.75, 3.05) is 6.61 Å². The van der Waals surface area contributed by atoms with Gasteiger partial charge in [-0.3, -0.25) is 0 Å². The minimum atomic E-state index is -4.64. The van der Waals surface area contributed by atoms with Gasteiger partial charge in [0.1, 0.15) is 33.6 Å². The van der Waals surface area contributed by atoms with E-state index in [0.717, 1.165) is 24.3 Å². The first kappa shape index (κ1) is 31.3. The molecule has 1 aliphatic heterocycles. The standard InChI is InChI=1S/C29H18F8N4O4S/c30-16-1-2-19(39-27(16)45-11-23-38-9-21(46-23)29(35,36)37)15-7-17(31)14(24(33)25(15)34)8-22-40-26-18(32)5-12(28(42)43)6-20(26)41(22)10-13-3-4-44-13/h1-2,5-7,9,13H,3-4,8,10-11H2,(H,42,43)/t13-/m0/s1. The molecule has 1 saturated heterocycles. The molecule has 1 aliphatic rings. The number of nitrogens with zero attached hydrogens (tertiary/aromatic N) is 4. The molecule has 0 radical (unpaired) electrons. The van der Waals surface area contributed by atoms with Crippen molar-refractivity contribution < 1.29 is 54.5 Å². The highest BCUT2D eigenvalue weighted by Crippen LogP contribution is 2.35. The molecule has 0 unspecified atom stereocenters. The highest BCUT2D eigenvalue weighted by atomic mass is 32.1. The van der Waals surface area contributed by atoms with Crippen molar-refractivity contribution in [2.45, 2.75) is 38.3 Å².